The summed E-state index contributed by atoms with van der Waals surface area (Å²) in [4.78, 5) is 29.7. The number of hydrogen-bond acceptors (Lipinski definition) is 5. The summed E-state index contributed by atoms with van der Waals surface area (Å²) in [5.74, 6) is -0.550. The molecule has 1 aromatic carbocycles. The van der Waals surface area contributed by atoms with Crippen molar-refractivity contribution in [1.29, 1.82) is 0 Å². The van der Waals surface area contributed by atoms with E-state index in [0.717, 1.165) is 51.4 Å². The SMILES string of the molecule is O=C(NC1CCCCC1)N[C@@H]1CCCC[C@@H]1NC(=O)c1csc(COc2ccccc2F)n1. The van der Waals surface area contributed by atoms with Gasteiger partial charge in [-0.05, 0) is 37.8 Å². The van der Waals surface area contributed by atoms with Crippen LogP contribution in [0.1, 0.15) is 73.3 Å². The van der Waals surface area contributed by atoms with Gasteiger partial charge in [-0.3, -0.25) is 4.79 Å². The van der Waals surface area contributed by atoms with Crippen LogP contribution in [0.5, 0.6) is 5.75 Å². The number of para-hydroxylation sites is 1. The highest BCUT2D eigenvalue weighted by Crippen LogP contribution is 2.22. The summed E-state index contributed by atoms with van der Waals surface area (Å²) in [6.07, 6.45) is 9.30. The number of rotatable bonds is 7. The smallest absolute Gasteiger partial charge is 0.315 e. The van der Waals surface area contributed by atoms with Crippen LogP contribution in [0, 0.1) is 5.82 Å². The Morgan fingerprint density at radius 1 is 0.970 bits per heavy atom. The van der Waals surface area contributed by atoms with Crippen molar-refractivity contribution in [3.8, 4) is 5.75 Å². The molecular weight excluding hydrogens is 443 g/mol. The van der Waals surface area contributed by atoms with Crippen molar-refractivity contribution in [2.24, 2.45) is 0 Å². The molecule has 2 aliphatic carbocycles. The highest BCUT2D eigenvalue weighted by molar-refractivity contribution is 7.09. The zero-order valence-corrected chi connectivity index (χ0v) is 19.5. The monoisotopic (exact) mass is 474 g/mol. The highest BCUT2D eigenvalue weighted by atomic mass is 32.1. The molecule has 0 aliphatic heterocycles. The molecule has 2 saturated carbocycles. The lowest BCUT2D eigenvalue weighted by molar-refractivity contribution is 0.0911. The zero-order chi connectivity index (χ0) is 23.0. The van der Waals surface area contributed by atoms with Gasteiger partial charge < -0.3 is 20.7 Å². The molecule has 0 spiro atoms. The number of aromatic nitrogens is 1. The normalized spacial score (nSPS) is 21.2. The van der Waals surface area contributed by atoms with Crippen LogP contribution < -0.4 is 20.7 Å². The molecule has 2 aliphatic rings. The van der Waals surface area contributed by atoms with Crippen molar-refractivity contribution in [3.05, 3.63) is 46.2 Å². The maximum Gasteiger partial charge on any atom is 0.315 e. The summed E-state index contributed by atoms with van der Waals surface area (Å²) >= 11 is 1.30. The second-order valence-electron chi connectivity index (χ2n) is 8.77. The lowest BCUT2D eigenvalue weighted by Gasteiger charge is -2.33. The Balaban J connectivity index is 1.29. The lowest BCUT2D eigenvalue weighted by atomic mass is 9.90. The predicted molar refractivity (Wildman–Crippen MR) is 125 cm³/mol. The van der Waals surface area contributed by atoms with Crippen molar-refractivity contribution < 1.29 is 18.7 Å². The van der Waals surface area contributed by atoms with Gasteiger partial charge in [0.1, 0.15) is 17.3 Å². The number of urea groups is 1. The number of benzene rings is 1. The van der Waals surface area contributed by atoms with E-state index in [0.29, 0.717) is 10.7 Å². The van der Waals surface area contributed by atoms with Gasteiger partial charge in [0.05, 0.1) is 6.04 Å². The number of carbonyl (C=O) groups is 2. The third-order valence-electron chi connectivity index (χ3n) is 6.31. The molecule has 2 aromatic rings. The van der Waals surface area contributed by atoms with E-state index in [9.17, 15) is 14.0 Å². The first kappa shape index (κ1) is 23.5. The first-order valence-electron chi connectivity index (χ1n) is 11.8. The minimum atomic E-state index is -0.435. The average Bonchev–Trinajstić information content (AvgIpc) is 3.30. The van der Waals surface area contributed by atoms with E-state index in [4.69, 9.17) is 4.74 Å². The molecule has 1 aromatic heterocycles. The Morgan fingerprint density at radius 2 is 1.67 bits per heavy atom. The number of hydrogen-bond donors (Lipinski definition) is 3. The van der Waals surface area contributed by atoms with E-state index in [1.807, 2.05) is 0 Å². The number of amides is 3. The molecule has 2 fully saturated rings. The Morgan fingerprint density at radius 3 is 2.42 bits per heavy atom. The maximum absolute atomic E-state index is 13.7. The maximum atomic E-state index is 13.7. The first-order chi connectivity index (χ1) is 16.1. The molecular formula is C24H31FN4O3S. The summed E-state index contributed by atoms with van der Waals surface area (Å²) in [6.45, 7) is 0.0911. The molecule has 0 bridgehead atoms. The van der Waals surface area contributed by atoms with Gasteiger partial charge >= 0.3 is 6.03 Å². The molecule has 0 radical (unpaired) electrons. The number of ether oxygens (including phenoxy) is 1. The standard InChI is InChI=1S/C24H31FN4O3S/c25-17-10-4-7-13-21(17)32-14-22-27-20(15-33-22)23(30)28-18-11-5-6-12-19(18)29-24(31)26-16-8-2-1-3-9-16/h4,7,10,13,15-16,18-19H,1-3,5-6,8-9,11-12,14H2,(H,28,30)(H2,26,29,31)/t18-,19+/m0/s1. The molecule has 0 unspecified atom stereocenters. The molecule has 7 nitrogen and oxygen atoms in total. The van der Waals surface area contributed by atoms with Gasteiger partial charge in [-0.1, -0.05) is 44.2 Å². The van der Waals surface area contributed by atoms with Crippen LogP contribution in [0.3, 0.4) is 0 Å². The largest absolute Gasteiger partial charge is 0.483 e. The molecule has 1 heterocycles. The van der Waals surface area contributed by atoms with Crippen LogP contribution in [0.15, 0.2) is 29.6 Å². The van der Waals surface area contributed by atoms with Gasteiger partial charge in [0.25, 0.3) is 5.91 Å². The fourth-order valence-electron chi connectivity index (χ4n) is 4.54. The first-order valence-corrected chi connectivity index (χ1v) is 12.7. The van der Waals surface area contributed by atoms with E-state index in [-0.39, 0.29) is 42.4 Å². The quantitative estimate of drug-likeness (QED) is 0.550. The number of thiazole rings is 1. The summed E-state index contributed by atoms with van der Waals surface area (Å²) in [5.41, 5.74) is 0.308. The van der Waals surface area contributed by atoms with Gasteiger partial charge in [-0.25, -0.2) is 14.2 Å². The second kappa shape index (κ2) is 11.4. The minimum Gasteiger partial charge on any atom is -0.483 e. The number of nitrogens with zero attached hydrogens (tertiary/aromatic N) is 1. The molecule has 2 atom stereocenters. The topological polar surface area (TPSA) is 92.4 Å². The molecule has 0 saturated heterocycles. The molecule has 33 heavy (non-hydrogen) atoms. The Kier molecular flexibility index (Phi) is 8.15. The van der Waals surface area contributed by atoms with Gasteiger partial charge in [0, 0.05) is 17.5 Å². The van der Waals surface area contributed by atoms with E-state index in [1.165, 1.54) is 23.8 Å². The summed E-state index contributed by atoms with van der Waals surface area (Å²) in [7, 11) is 0. The van der Waals surface area contributed by atoms with E-state index in [2.05, 4.69) is 20.9 Å². The van der Waals surface area contributed by atoms with Gasteiger partial charge in [-0.15, -0.1) is 11.3 Å². The van der Waals surface area contributed by atoms with Crippen molar-refractivity contribution >= 4 is 23.3 Å². The van der Waals surface area contributed by atoms with Crippen LogP contribution >= 0.6 is 11.3 Å². The Hall–Kier alpha value is -2.68. The van der Waals surface area contributed by atoms with Crippen molar-refractivity contribution in [3.63, 3.8) is 0 Å². The fourth-order valence-corrected chi connectivity index (χ4v) is 5.23. The summed E-state index contributed by atoms with van der Waals surface area (Å²) in [5, 5.41) is 11.5. The van der Waals surface area contributed by atoms with Crippen molar-refractivity contribution in [2.75, 3.05) is 0 Å². The number of halogens is 1. The summed E-state index contributed by atoms with van der Waals surface area (Å²) < 4.78 is 19.2. The van der Waals surface area contributed by atoms with Crippen LogP contribution in [0.4, 0.5) is 9.18 Å². The molecule has 178 valence electrons. The van der Waals surface area contributed by atoms with Crippen LogP contribution in [0.2, 0.25) is 0 Å². The predicted octanol–water partition coefficient (Wildman–Crippen LogP) is 4.53. The van der Waals surface area contributed by atoms with Crippen molar-refractivity contribution in [2.45, 2.75) is 82.5 Å². The highest BCUT2D eigenvalue weighted by Gasteiger charge is 2.29. The van der Waals surface area contributed by atoms with Gasteiger partial charge in [-0.2, -0.15) is 0 Å². The third kappa shape index (κ3) is 6.66. The molecule has 9 heteroatoms. The third-order valence-corrected chi connectivity index (χ3v) is 7.13. The lowest BCUT2D eigenvalue weighted by Crippen LogP contribution is -2.56. The van der Waals surface area contributed by atoms with Crippen LogP contribution in [-0.4, -0.2) is 35.0 Å². The van der Waals surface area contributed by atoms with E-state index >= 15 is 0 Å². The molecule has 3 N–H and O–H groups in total. The summed E-state index contributed by atoms with van der Waals surface area (Å²) in [6, 6.07) is 6.04. The van der Waals surface area contributed by atoms with E-state index in [1.54, 1.807) is 23.6 Å². The Labute approximate surface area is 197 Å². The molecule has 4 rings (SSSR count). The van der Waals surface area contributed by atoms with Gasteiger partial charge in [0.2, 0.25) is 0 Å². The molecule has 3 amide bonds. The van der Waals surface area contributed by atoms with Crippen LogP contribution in [-0.2, 0) is 6.61 Å². The average molecular weight is 475 g/mol. The zero-order valence-electron chi connectivity index (χ0n) is 18.6. The fraction of sp³-hybridized carbons (Fsp3) is 0.542. The Bertz CT molecular complexity index is 947. The number of nitrogens with one attached hydrogen (secondary N) is 3. The second-order valence-corrected chi connectivity index (χ2v) is 9.71. The van der Waals surface area contributed by atoms with E-state index < -0.39 is 5.82 Å². The van der Waals surface area contributed by atoms with Crippen LogP contribution in [0.25, 0.3) is 0 Å². The number of carbonyl (C=O) groups excluding carboxylic acids is 2. The minimum absolute atomic E-state index is 0.0911. The van der Waals surface area contributed by atoms with Crippen molar-refractivity contribution in [1.82, 2.24) is 20.9 Å². The van der Waals surface area contributed by atoms with Gasteiger partial charge in [0.15, 0.2) is 11.6 Å².